The van der Waals surface area contributed by atoms with Gasteiger partial charge in [0.05, 0.1) is 33.3 Å². The fraction of sp³-hybridized carbons (Fsp3) is 1.00. The van der Waals surface area contributed by atoms with Crippen molar-refractivity contribution in [3.63, 3.8) is 0 Å². The molecule has 3 aliphatic heterocycles. The molecule has 3 heterocycles. The highest BCUT2D eigenvalue weighted by Crippen LogP contribution is 2.41. The second-order valence-corrected chi connectivity index (χ2v) is 18.0. The van der Waals surface area contributed by atoms with Crippen LogP contribution < -0.4 is 0 Å². The second kappa shape index (κ2) is 19.3. The molecule has 0 radical (unpaired) electrons. The van der Waals surface area contributed by atoms with Gasteiger partial charge in [-0.15, -0.1) is 0 Å². The standard InChI is InChI=1S/C31H63NO7SSi/c1-4-5-6-7-8-9-10-11-12-13-14-15-16-17-18-19-23-32(2,3)24-20-25-41-37-27-31(28-38-41,29-39-41)22-21-30(33)26-40(34,35)36/h30,33H,4-29H2,1-3H3/p+1. The average Bonchev–Trinajstić information content (AvgIpc) is 2.92. The maximum Gasteiger partial charge on any atom is 0.501 e. The first kappa shape index (κ1) is 37.1. The van der Waals surface area contributed by atoms with Crippen LogP contribution >= 0.6 is 0 Å². The van der Waals surface area contributed by atoms with Gasteiger partial charge in [0.15, 0.2) is 0 Å². The Balaban J connectivity index is 1.44. The topological polar surface area (TPSA) is 102 Å². The number of unbranched alkanes of at least 4 members (excludes halogenated alkanes) is 15. The number of nitrogens with zero attached hydrogens (tertiary/aromatic N) is 1. The van der Waals surface area contributed by atoms with Gasteiger partial charge in [0.1, 0.15) is 5.75 Å². The molecule has 41 heavy (non-hydrogen) atoms. The van der Waals surface area contributed by atoms with E-state index in [1.807, 2.05) is 0 Å². The van der Waals surface area contributed by atoms with Gasteiger partial charge in [0.25, 0.3) is 10.1 Å². The first-order chi connectivity index (χ1) is 19.5. The lowest BCUT2D eigenvalue weighted by Crippen LogP contribution is -2.64. The largest absolute Gasteiger partial charge is 0.501 e. The molecule has 2 bridgehead atoms. The minimum absolute atomic E-state index is 0.259. The van der Waals surface area contributed by atoms with Gasteiger partial charge < -0.3 is 22.9 Å². The van der Waals surface area contributed by atoms with Crippen LogP contribution in [0.15, 0.2) is 0 Å². The molecule has 0 aromatic rings. The summed E-state index contributed by atoms with van der Waals surface area (Å²) in [5, 5.41) is 9.91. The summed E-state index contributed by atoms with van der Waals surface area (Å²) in [6.45, 7) is 6.17. The van der Waals surface area contributed by atoms with E-state index in [1.54, 1.807) is 0 Å². The van der Waals surface area contributed by atoms with E-state index < -0.39 is 30.8 Å². The van der Waals surface area contributed by atoms with Crippen LogP contribution in [0.5, 0.6) is 0 Å². The van der Waals surface area contributed by atoms with Crippen LogP contribution in [-0.2, 0) is 23.4 Å². The third kappa shape index (κ3) is 16.5. The van der Waals surface area contributed by atoms with Crippen molar-refractivity contribution in [2.75, 3.05) is 52.8 Å². The molecule has 2 N–H and O–H groups in total. The van der Waals surface area contributed by atoms with E-state index in [-0.39, 0.29) is 11.8 Å². The molecule has 10 heteroatoms. The minimum Gasteiger partial charge on any atom is -0.392 e. The van der Waals surface area contributed by atoms with Crippen molar-refractivity contribution in [3.05, 3.63) is 0 Å². The lowest BCUT2D eigenvalue weighted by molar-refractivity contribution is -0.890. The van der Waals surface area contributed by atoms with Crippen LogP contribution in [0.1, 0.15) is 129 Å². The van der Waals surface area contributed by atoms with Gasteiger partial charge in [0, 0.05) is 37.7 Å². The van der Waals surface area contributed by atoms with Crippen LogP contribution in [0, 0.1) is 5.41 Å². The van der Waals surface area contributed by atoms with Crippen LogP contribution in [0.3, 0.4) is 0 Å². The molecule has 3 saturated heterocycles. The van der Waals surface area contributed by atoms with E-state index in [4.69, 9.17) is 17.8 Å². The van der Waals surface area contributed by atoms with E-state index in [0.29, 0.717) is 26.2 Å². The Hall–Kier alpha value is -0.0731. The monoisotopic (exact) mass is 622 g/mol. The van der Waals surface area contributed by atoms with Crippen molar-refractivity contribution in [2.45, 2.75) is 141 Å². The van der Waals surface area contributed by atoms with Gasteiger partial charge >= 0.3 is 8.80 Å². The Bertz CT molecular complexity index is 771. The van der Waals surface area contributed by atoms with Crippen molar-refractivity contribution < 1.29 is 35.8 Å². The number of fused-ring (bicyclic) bond motifs is 3. The summed E-state index contributed by atoms with van der Waals surface area (Å²) in [5.74, 6) is -0.641. The smallest absolute Gasteiger partial charge is 0.392 e. The molecule has 0 spiro atoms. The fourth-order valence-electron chi connectivity index (χ4n) is 6.19. The van der Waals surface area contributed by atoms with Gasteiger partial charge in [0.2, 0.25) is 0 Å². The molecule has 3 fully saturated rings. The van der Waals surface area contributed by atoms with Crippen LogP contribution in [0.2, 0.25) is 6.04 Å². The molecule has 244 valence electrons. The van der Waals surface area contributed by atoms with Crippen molar-refractivity contribution >= 4 is 18.9 Å². The highest BCUT2D eigenvalue weighted by Gasteiger charge is 2.56. The number of aliphatic hydroxyl groups is 1. The first-order valence-corrected chi connectivity index (χ1v) is 20.4. The quantitative estimate of drug-likeness (QED) is 0.0476. The van der Waals surface area contributed by atoms with Gasteiger partial charge in [-0.2, -0.15) is 8.42 Å². The molecular formula is C31H64NO7SSi+. The summed E-state index contributed by atoms with van der Waals surface area (Å²) in [4.78, 5) is 0. The van der Waals surface area contributed by atoms with E-state index in [9.17, 15) is 13.5 Å². The number of hydrogen-bond acceptors (Lipinski definition) is 6. The number of hydrogen-bond donors (Lipinski definition) is 2. The number of rotatable bonds is 26. The van der Waals surface area contributed by atoms with Crippen molar-refractivity contribution in [3.8, 4) is 0 Å². The lowest BCUT2D eigenvalue weighted by atomic mass is 9.85. The van der Waals surface area contributed by atoms with E-state index >= 15 is 0 Å². The normalized spacial score (nSPS) is 23.7. The predicted molar refractivity (Wildman–Crippen MR) is 169 cm³/mol. The summed E-state index contributed by atoms with van der Waals surface area (Å²) in [5.41, 5.74) is -0.336. The second-order valence-electron chi connectivity index (χ2n) is 13.8. The highest BCUT2D eigenvalue weighted by atomic mass is 32.2. The minimum atomic E-state index is -4.18. The third-order valence-corrected chi connectivity index (χ3v) is 12.6. The molecule has 3 rings (SSSR count). The summed E-state index contributed by atoms with van der Waals surface area (Å²) in [6, 6.07) is 0.828. The Labute approximate surface area is 253 Å². The Morgan fingerprint density at radius 1 is 0.732 bits per heavy atom. The summed E-state index contributed by atoms with van der Waals surface area (Å²) >= 11 is 0. The van der Waals surface area contributed by atoms with Crippen LogP contribution in [0.4, 0.5) is 0 Å². The van der Waals surface area contributed by atoms with Gasteiger partial charge in [-0.3, -0.25) is 4.55 Å². The molecule has 0 amide bonds. The Morgan fingerprint density at radius 3 is 1.59 bits per heavy atom. The van der Waals surface area contributed by atoms with E-state index in [1.165, 1.54) is 109 Å². The van der Waals surface area contributed by atoms with Crippen LogP contribution in [0.25, 0.3) is 0 Å². The summed E-state index contributed by atoms with van der Waals surface area (Å²) < 4.78 is 50.3. The molecule has 1 atom stereocenters. The van der Waals surface area contributed by atoms with E-state index in [0.717, 1.165) is 23.5 Å². The maximum atomic E-state index is 11.0. The van der Waals surface area contributed by atoms with Crippen molar-refractivity contribution in [2.24, 2.45) is 5.41 Å². The molecule has 8 nitrogen and oxygen atoms in total. The van der Waals surface area contributed by atoms with Crippen molar-refractivity contribution in [1.29, 1.82) is 0 Å². The molecular weight excluding hydrogens is 558 g/mol. The zero-order valence-corrected chi connectivity index (χ0v) is 28.6. The number of aliphatic hydroxyl groups excluding tert-OH is 1. The molecule has 0 saturated carbocycles. The highest BCUT2D eigenvalue weighted by molar-refractivity contribution is 7.85. The summed E-state index contributed by atoms with van der Waals surface area (Å²) in [7, 11) is -2.17. The SMILES string of the molecule is CCCCCCCCCCCCCCCCCC[N+](C)(C)CCC[Si]12OCC(CCC(O)CS(=O)(=O)O)(CO1)CO2. The Morgan fingerprint density at radius 2 is 1.15 bits per heavy atom. The first-order valence-electron chi connectivity index (χ1n) is 16.9. The van der Waals surface area contributed by atoms with Crippen LogP contribution in [-0.4, -0.2) is 90.2 Å². The van der Waals surface area contributed by atoms with Gasteiger partial charge in [-0.25, -0.2) is 0 Å². The maximum absolute atomic E-state index is 11.0. The molecule has 0 aliphatic carbocycles. The van der Waals surface area contributed by atoms with Gasteiger partial charge in [-0.05, 0) is 25.7 Å². The molecule has 3 aliphatic rings. The fourth-order valence-corrected chi connectivity index (χ4v) is 9.70. The summed E-state index contributed by atoms with van der Waals surface area (Å²) in [6.07, 6.45) is 23.1. The number of quaternary nitrogens is 1. The van der Waals surface area contributed by atoms with Crippen molar-refractivity contribution in [1.82, 2.24) is 0 Å². The van der Waals surface area contributed by atoms with Gasteiger partial charge in [-0.1, -0.05) is 96.8 Å². The predicted octanol–water partition coefficient (Wildman–Crippen LogP) is 6.75. The lowest BCUT2D eigenvalue weighted by Gasteiger charge is -2.50. The van der Waals surface area contributed by atoms with E-state index in [2.05, 4.69) is 21.0 Å². The Kier molecular flexibility index (Phi) is 17.5. The zero-order chi connectivity index (χ0) is 30.1. The molecule has 0 aromatic carbocycles. The third-order valence-electron chi connectivity index (χ3n) is 9.07. The molecule has 1 unspecified atom stereocenters. The molecule has 0 aromatic heterocycles. The average molecular weight is 623 g/mol. The zero-order valence-electron chi connectivity index (χ0n) is 26.8.